The second kappa shape index (κ2) is 12.6. The maximum atomic E-state index is 13.9. The van der Waals surface area contributed by atoms with Crippen molar-refractivity contribution < 1.29 is 23.5 Å². The Morgan fingerprint density at radius 2 is 1.89 bits per heavy atom. The van der Waals surface area contributed by atoms with Crippen LogP contribution in [0, 0.1) is 5.82 Å². The van der Waals surface area contributed by atoms with Crippen LogP contribution in [0.2, 0.25) is 0 Å². The molecule has 0 aliphatic heterocycles. The highest BCUT2D eigenvalue weighted by Crippen LogP contribution is 2.22. The van der Waals surface area contributed by atoms with E-state index < -0.39 is 23.7 Å². The van der Waals surface area contributed by atoms with Crippen LogP contribution in [0.4, 0.5) is 10.1 Å². The number of nitrogens with one attached hydrogen (secondary N) is 2. The van der Waals surface area contributed by atoms with Crippen molar-refractivity contribution in [2.45, 2.75) is 31.6 Å². The van der Waals surface area contributed by atoms with Crippen LogP contribution in [-0.4, -0.2) is 44.9 Å². The Kier molecular flexibility index (Phi) is 9.34. The lowest BCUT2D eigenvalue weighted by Gasteiger charge is -2.15. The molecule has 2 aromatic carbocycles. The van der Waals surface area contributed by atoms with E-state index in [1.165, 1.54) is 30.0 Å². The average molecular weight is 512 g/mol. The predicted molar refractivity (Wildman–Crippen MR) is 134 cm³/mol. The SMILES string of the molecule is C=CCn1c(SCC(=O)Nc2ccc(C(=O)OCC)cc2)nnc1[C@@H](C)NC(=O)c1ccccc1F. The summed E-state index contributed by atoms with van der Waals surface area (Å²) in [4.78, 5) is 36.7. The number of aromatic nitrogens is 3. The van der Waals surface area contributed by atoms with Gasteiger partial charge in [0.25, 0.3) is 5.91 Å². The maximum Gasteiger partial charge on any atom is 0.338 e. The number of ether oxygens (including phenoxy) is 1. The number of amides is 2. The van der Waals surface area contributed by atoms with E-state index in [0.29, 0.717) is 28.8 Å². The summed E-state index contributed by atoms with van der Waals surface area (Å²) in [6.07, 6.45) is 1.65. The van der Waals surface area contributed by atoms with Crippen molar-refractivity contribution in [3.8, 4) is 0 Å². The predicted octanol–water partition coefficient (Wildman–Crippen LogP) is 4.00. The molecule has 0 radical (unpaired) electrons. The maximum absolute atomic E-state index is 13.9. The number of allylic oxidation sites excluding steroid dienone is 1. The number of thioether (sulfide) groups is 1. The fourth-order valence-electron chi connectivity index (χ4n) is 3.24. The lowest BCUT2D eigenvalue weighted by molar-refractivity contribution is -0.113. The zero-order valence-corrected chi connectivity index (χ0v) is 20.7. The van der Waals surface area contributed by atoms with Gasteiger partial charge in [-0.3, -0.25) is 9.59 Å². The van der Waals surface area contributed by atoms with Gasteiger partial charge in [-0.05, 0) is 50.2 Å². The third kappa shape index (κ3) is 6.79. The molecule has 0 fully saturated rings. The van der Waals surface area contributed by atoms with Gasteiger partial charge in [0.05, 0.1) is 29.5 Å². The molecule has 0 spiro atoms. The number of carbonyl (C=O) groups is 3. The van der Waals surface area contributed by atoms with Gasteiger partial charge in [0.1, 0.15) is 5.82 Å². The van der Waals surface area contributed by atoms with Crippen molar-refractivity contribution in [2.75, 3.05) is 17.7 Å². The molecular weight excluding hydrogens is 485 g/mol. The van der Waals surface area contributed by atoms with E-state index in [1.54, 1.807) is 54.8 Å². The lowest BCUT2D eigenvalue weighted by atomic mass is 10.2. The minimum atomic E-state index is -0.618. The minimum absolute atomic E-state index is 0.0465. The van der Waals surface area contributed by atoms with Crippen LogP contribution >= 0.6 is 11.8 Å². The number of carbonyl (C=O) groups excluding carboxylic acids is 3. The highest BCUT2D eigenvalue weighted by atomic mass is 32.2. The quantitative estimate of drug-likeness (QED) is 0.227. The minimum Gasteiger partial charge on any atom is -0.462 e. The van der Waals surface area contributed by atoms with Gasteiger partial charge in [-0.1, -0.05) is 30.0 Å². The molecule has 0 aliphatic rings. The largest absolute Gasteiger partial charge is 0.462 e. The number of esters is 1. The first-order valence-corrected chi connectivity index (χ1v) is 12.1. The first-order valence-electron chi connectivity index (χ1n) is 11.1. The standard InChI is InChI=1S/C25H26FN5O4S/c1-4-14-31-22(16(3)27-23(33)19-8-6-7-9-20(19)26)29-30-25(31)36-15-21(32)28-18-12-10-17(11-13-18)24(34)35-5-2/h4,6-13,16H,1,5,14-15H2,2-3H3,(H,27,33)(H,28,32)/t16-/m1/s1. The van der Waals surface area contributed by atoms with E-state index in [2.05, 4.69) is 27.4 Å². The van der Waals surface area contributed by atoms with E-state index in [9.17, 15) is 18.8 Å². The van der Waals surface area contributed by atoms with Crippen LogP contribution in [0.15, 0.2) is 66.3 Å². The second-order valence-corrected chi connectivity index (χ2v) is 8.49. The van der Waals surface area contributed by atoms with Gasteiger partial charge in [-0.15, -0.1) is 16.8 Å². The van der Waals surface area contributed by atoms with E-state index in [-0.39, 0.29) is 23.8 Å². The Morgan fingerprint density at radius 1 is 1.17 bits per heavy atom. The molecule has 188 valence electrons. The fraction of sp³-hybridized carbons (Fsp3) is 0.240. The van der Waals surface area contributed by atoms with Crippen molar-refractivity contribution >= 4 is 35.2 Å². The van der Waals surface area contributed by atoms with Gasteiger partial charge in [0.15, 0.2) is 11.0 Å². The van der Waals surface area contributed by atoms with Crippen LogP contribution in [0.5, 0.6) is 0 Å². The Hall–Kier alpha value is -3.99. The van der Waals surface area contributed by atoms with Gasteiger partial charge >= 0.3 is 5.97 Å². The van der Waals surface area contributed by atoms with Crippen LogP contribution in [-0.2, 0) is 16.1 Å². The first kappa shape index (κ1) is 26.6. The summed E-state index contributed by atoms with van der Waals surface area (Å²) < 4.78 is 20.6. The highest BCUT2D eigenvalue weighted by Gasteiger charge is 2.21. The summed E-state index contributed by atoms with van der Waals surface area (Å²) in [7, 11) is 0. The molecule has 11 heteroatoms. The molecule has 3 aromatic rings. The molecule has 1 heterocycles. The zero-order chi connectivity index (χ0) is 26.1. The summed E-state index contributed by atoms with van der Waals surface area (Å²) in [5.41, 5.74) is 0.859. The van der Waals surface area contributed by atoms with Crippen molar-refractivity contribution in [3.63, 3.8) is 0 Å². The van der Waals surface area contributed by atoms with Crippen LogP contribution in [0.3, 0.4) is 0 Å². The molecular formula is C25H26FN5O4S. The first-order chi connectivity index (χ1) is 17.3. The number of hydrogen-bond donors (Lipinski definition) is 2. The summed E-state index contributed by atoms with van der Waals surface area (Å²) in [6, 6.07) is 11.5. The van der Waals surface area contributed by atoms with Crippen molar-refractivity contribution in [1.29, 1.82) is 0 Å². The molecule has 3 rings (SSSR count). The highest BCUT2D eigenvalue weighted by molar-refractivity contribution is 7.99. The molecule has 0 saturated heterocycles. The molecule has 2 amide bonds. The van der Waals surface area contributed by atoms with Gasteiger partial charge in [-0.2, -0.15) is 0 Å². The lowest BCUT2D eigenvalue weighted by Crippen LogP contribution is -2.29. The van der Waals surface area contributed by atoms with E-state index in [0.717, 1.165) is 0 Å². The molecule has 0 bridgehead atoms. The third-order valence-corrected chi connectivity index (χ3v) is 5.89. The van der Waals surface area contributed by atoms with Gasteiger partial charge in [-0.25, -0.2) is 9.18 Å². The summed E-state index contributed by atoms with van der Waals surface area (Å²) in [5.74, 6) is -1.41. The molecule has 9 nitrogen and oxygen atoms in total. The van der Waals surface area contributed by atoms with Gasteiger partial charge < -0.3 is 19.9 Å². The van der Waals surface area contributed by atoms with E-state index in [1.807, 2.05) is 0 Å². The molecule has 1 atom stereocenters. The Morgan fingerprint density at radius 3 is 2.56 bits per heavy atom. The third-order valence-electron chi connectivity index (χ3n) is 4.92. The zero-order valence-electron chi connectivity index (χ0n) is 19.9. The molecule has 2 N–H and O–H groups in total. The van der Waals surface area contributed by atoms with Crippen LogP contribution < -0.4 is 10.6 Å². The molecule has 0 saturated carbocycles. The Bertz CT molecular complexity index is 1250. The van der Waals surface area contributed by atoms with Crippen LogP contribution in [0.1, 0.15) is 46.4 Å². The number of halogens is 1. The monoisotopic (exact) mass is 511 g/mol. The van der Waals surface area contributed by atoms with Crippen molar-refractivity contribution in [3.05, 3.63) is 84.0 Å². The van der Waals surface area contributed by atoms with Crippen LogP contribution in [0.25, 0.3) is 0 Å². The molecule has 36 heavy (non-hydrogen) atoms. The summed E-state index contributed by atoms with van der Waals surface area (Å²) in [6.45, 7) is 7.81. The van der Waals surface area contributed by atoms with Crippen molar-refractivity contribution in [1.82, 2.24) is 20.1 Å². The van der Waals surface area contributed by atoms with Gasteiger partial charge in [0.2, 0.25) is 5.91 Å². The number of nitrogens with zero attached hydrogens (tertiary/aromatic N) is 3. The summed E-state index contributed by atoms with van der Waals surface area (Å²) in [5, 5.41) is 14.3. The number of rotatable bonds is 11. The topological polar surface area (TPSA) is 115 Å². The number of hydrogen-bond acceptors (Lipinski definition) is 7. The normalized spacial score (nSPS) is 11.4. The van der Waals surface area contributed by atoms with E-state index >= 15 is 0 Å². The van der Waals surface area contributed by atoms with Crippen molar-refractivity contribution in [2.24, 2.45) is 0 Å². The number of benzene rings is 2. The fourth-order valence-corrected chi connectivity index (χ4v) is 4.00. The van der Waals surface area contributed by atoms with E-state index in [4.69, 9.17) is 4.74 Å². The molecule has 1 aromatic heterocycles. The molecule has 0 unspecified atom stereocenters. The molecule has 0 aliphatic carbocycles. The average Bonchev–Trinajstić information content (AvgIpc) is 3.26. The Balaban J connectivity index is 1.62. The Labute approximate surface area is 212 Å². The smallest absolute Gasteiger partial charge is 0.338 e. The number of anilines is 1. The summed E-state index contributed by atoms with van der Waals surface area (Å²) >= 11 is 1.17. The second-order valence-electron chi connectivity index (χ2n) is 7.55. The van der Waals surface area contributed by atoms with Gasteiger partial charge in [0, 0.05) is 12.2 Å².